The summed E-state index contributed by atoms with van der Waals surface area (Å²) in [6.07, 6.45) is 7.80. The number of rotatable bonds is 3. The molecule has 0 aliphatic carbocycles. The number of hydrogen-bond acceptors (Lipinski definition) is 3. The Hall–Kier alpha value is -1.55. The van der Waals surface area contributed by atoms with E-state index in [0.29, 0.717) is 12.8 Å². The van der Waals surface area contributed by atoms with Crippen LogP contribution in [0.3, 0.4) is 0 Å². The summed E-state index contributed by atoms with van der Waals surface area (Å²) in [6, 6.07) is 2.85. The molecule has 7 heteroatoms. The minimum absolute atomic E-state index is 0.0744. The van der Waals surface area contributed by atoms with Crippen molar-refractivity contribution in [2.45, 2.75) is 23.8 Å². The van der Waals surface area contributed by atoms with Crippen molar-refractivity contribution in [1.29, 1.82) is 0 Å². The molecule has 1 N–H and O–H groups in total. The second-order valence-electron chi connectivity index (χ2n) is 4.38. The molecule has 1 aliphatic rings. The molecule has 1 aromatic rings. The fourth-order valence-corrected chi connectivity index (χ4v) is 4.14. The Balaban J connectivity index is 2.43. The predicted molar refractivity (Wildman–Crippen MR) is 72.2 cm³/mol. The van der Waals surface area contributed by atoms with Gasteiger partial charge in [-0.05, 0) is 37.5 Å². The van der Waals surface area contributed by atoms with Crippen molar-refractivity contribution in [3.8, 4) is 5.92 Å². The highest BCUT2D eigenvalue weighted by Crippen LogP contribution is 2.28. The van der Waals surface area contributed by atoms with Crippen molar-refractivity contribution in [2.24, 2.45) is 0 Å². The van der Waals surface area contributed by atoms with Crippen LogP contribution in [0, 0.1) is 12.3 Å². The first-order chi connectivity index (χ1) is 9.37. The Labute approximate surface area is 122 Å². The lowest BCUT2D eigenvalue weighted by Gasteiger charge is -2.21. The average molecular weight is 313 g/mol. The highest BCUT2D eigenvalue weighted by atomic mass is 35.5. The van der Waals surface area contributed by atoms with Gasteiger partial charge in [-0.1, -0.05) is 17.5 Å². The van der Waals surface area contributed by atoms with Crippen molar-refractivity contribution in [2.75, 3.05) is 6.54 Å². The van der Waals surface area contributed by atoms with Gasteiger partial charge >= 0.3 is 5.97 Å². The number of hydrogen-bond donors (Lipinski definition) is 1. The summed E-state index contributed by atoms with van der Waals surface area (Å²) in [7, 11) is -3.90. The van der Waals surface area contributed by atoms with Gasteiger partial charge < -0.3 is 5.11 Å². The maximum Gasteiger partial charge on any atom is 0.322 e. The van der Waals surface area contributed by atoms with Gasteiger partial charge in [0.25, 0.3) is 0 Å². The van der Waals surface area contributed by atoms with Crippen LogP contribution in [-0.2, 0) is 14.8 Å². The Morgan fingerprint density at radius 3 is 2.75 bits per heavy atom. The standard InChI is InChI=1S/C13H11ClNO4S/c1-2-9-5-6-10(8-11(9)14)20(18,19)15-7-3-4-12(15)13(16)17/h5-6,8,12H,3-4,7H2,(H,16,17)/t12-/m1/s1. The maximum atomic E-state index is 12.4. The number of sulfonamides is 1. The molecule has 2 rings (SSSR count). The van der Waals surface area contributed by atoms with Gasteiger partial charge in [0, 0.05) is 12.1 Å². The molecule has 0 amide bonds. The zero-order chi connectivity index (χ0) is 14.9. The number of benzene rings is 1. The van der Waals surface area contributed by atoms with Crippen LogP contribution in [0.2, 0.25) is 5.02 Å². The summed E-state index contributed by atoms with van der Waals surface area (Å²) < 4.78 is 25.9. The third kappa shape index (κ3) is 2.52. The fourth-order valence-electron chi connectivity index (χ4n) is 2.17. The SMILES string of the molecule is [C]#Cc1ccc(S(=O)(=O)N2CCC[C@@H]2C(=O)O)cc1Cl. The van der Waals surface area contributed by atoms with Gasteiger partial charge in [0.15, 0.2) is 0 Å². The van der Waals surface area contributed by atoms with E-state index in [-0.39, 0.29) is 22.0 Å². The minimum Gasteiger partial charge on any atom is -0.480 e. The normalized spacial score (nSPS) is 19.7. The quantitative estimate of drug-likeness (QED) is 0.859. The maximum absolute atomic E-state index is 12.4. The highest BCUT2D eigenvalue weighted by Gasteiger charge is 2.39. The Morgan fingerprint density at radius 2 is 2.20 bits per heavy atom. The van der Waals surface area contributed by atoms with E-state index in [1.54, 1.807) is 0 Å². The molecule has 1 radical (unpaired) electrons. The molecular weight excluding hydrogens is 302 g/mol. The van der Waals surface area contributed by atoms with Crippen molar-refractivity contribution >= 4 is 27.6 Å². The third-order valence-electron chi connectivity index (χ3n) is 3.17. The lowest BCUT2D eigenvalue weighted by atomic mass is 10.2. The van der Waals surface area contributed by atoms with E-state index < -0.39 is 22.0 Å². The van der Waals surface area contributed by atoms with E-state index in [0.717, 1.165) is 4.31 Å². The topological polar surface area (TPSA) is 74.7 Å². The molecule has 105 valence electrons. The van der Waals surface area contributed by atoms with Gasteiger partial charge in [-0.3, -0.25) is 4.79 Å². The molecule has 1 heterocycles. The molecule has 20 heavy (non-hydrogen) atoms. The summed E-state index contributed by atoms with van der Waals surface area (Å²) in [5.41, 5.74) is 0.279. The second-order valence-corrected chi connectivity index (χ2v) is 6.68. The molecule has 0 spiro atoms. The molecule has 1 aromatic carbocycles. The van der Waals surface area contributed by atoms with E-state index >= 15 is 0 Å². The van der Waals surface area contributed by atoms with E-state index in [1.165, 1.54) is 18.2 Å². The number of carboxylic acid groups (broad SMARTS) is 1. The summed E-state index contributed by atoms with van der Waals surface area (Å²) in [5.74, 6) is 0.935. The molecule has 5 nitrogen and oxygen atoms in total. The lowest BCUT2D eigenvalue weighted by molar-refractivity contribution is -0.140. The van der Waals surface area contributed by atoms with Crippen molar-refractivity contribution in [3.05, 3.63) is 35.2 Å². The van der Waals surface area contributed by atoms with E-state index in [4.69, 9.17) is 23.1 Å². The van der Waals surface area contributed by atoms with Crippen molar-refractivity contribution in [1.82, 2.24) is 4.31 Å². The van der Waals surface area contributed by atoms with Gasteiger partial charge in [0.2, 0.25) is 10.0 Å². The molecule has 0 saturated carbocycles. The number of carboxylic acids is 1. The lowest BCUT2D eigenvalue weighted by Crippen LogP contribution is -2.40. The minimum atomic E-state index is -3.90. The van der Waals surface area contributed by atoms with E-state index in [1.807, 2.05) is 0 Å². The zero-order valence-corrected chi connectivity index (χ0v) is 11.9. The molecule has 0 unspecified atom stereocenters. The monoisotopic (exact) mass is 312 g/mol. The molecule has 1 saturated heterocycles. The Bertz CT molecular complexity index is 693. The van der Waals surface area contributed by atoms with Gasteiger partial charge in [-0.25, -0.2) is 8.42 Å². The number of halogens is 1. The van der Waals surface area contributed by atoms with Crippen LogP contribution < -0.4 is 0 Å². The van der Waals surface area contributed by atoms with Gasteiger partial charge in [-0.2, -0.15) is 4.31 Å². The molecule has 0 bridgehead atoms. The zero-order valence-electron chi connectivity index (χ0n) is 10.3. The van der Waals surface area contributed by atoms with Gasteiger partial charge in [0.05, 0.1) is 9.92 Å². The smallest absolute Gasteiger partial charge is 0.322 e. The first-order valence-corrected chi connectivity index (χ1v) is 7.66. The van der Waals surface area contributed by atoms with Crippen LogP contribution in [0.1, 0.15) is 18.4 Å². The molecule has 1 atom stereocenters. The molecule has 1 aliphatic heterocycles. The average Bonchev–Trinajstić information content (AvgIpc) is 2.88. The summed E-state index contributed by atoms with van der Waals surface area (Å²) in [5, 5.41) is 9.15. The van der Waals surface area contributed by atoms with Crippen LogP contribution in [0.15, 0.2) is 23.1 Å². The van der Waals surface area contributed by atoms with Crippen LogP contribution in [0.5, 0.6) is 0 Å². The van der Waals surface area contributed by atoms with Gasteiger partial charge in [-0.15, -0.1) is 0 Å². The van der Waals surface area contributed by atoms with Crippen molar-refractivity contribution < 1.29 is 18.3 Å². The largest absolute Gasteiger partial charge is 0.480 e. The number of nitrogens with zero attached hydrogens (tertiary/aromatic N) is 1. The highest BCUT2D eigenvalue weighted by molar-refractivity contribution is 7.89. The fraction of sp³-hybridized carbons (Fsp3) is 0.308. The van der Waals surface area contributed by atoms with E-state index in [9.17, 15) is 13.2 Å². The van der Waals surface area contributed by atoms with Crippen LogP contribution >= 0.6 is 11.6 Å². The van der Waals surface area contributed by atoms with E-state index in [2.05, 4.69) is 5.92 Å². The third-order valence-corrected chi connectivity index (χ3v) is 5.39. The second kappa shape index (κ2) is 5.44. The summed E-state index contributed by atoms with van der Waals surface area (Å²) in [4.78, 5) is 11.0. The Kier molecular flexibility index (Phi) is 4.04. The molecule has 0 aromatic heterocycles. The Morgan fingerprint density at radius 1 is 1.50 bits per heavy atom. The molecular formula is C13H11ClNO4S. The first-order valence-electron chi connectivity index (χ1n) is 5.85. The first kappa shape index (κ1) is 14.9. The summed E-state index contributed by atoms with van der Waals surface area (Å²) in [6.45, 7) is 0.176. The van der Waals surface area contributed by atoms with Crippen LogP contribution in [-0.4, -0.2) is 36.4 Å². The van der Waals surface area contributed by atoms with Crippen molar-refractivity contribution in [3.63, 3.8) is 0 Å². The summed E-state index contributed by atoms with van der Waals surface area (Å²) >= 11 is 5.86. The van der Waals surface area contributed by atoms with Crippen LogP contribution in [0.25, 0.3) is 0 Å². The number of carbonyl (C=O) groups is 1. The molecule has 1 fully saturated rings. The van der Waals surface area contributed by atoms with Gasteiger partial charge in [0.1, 0.15) is 6.04 Å². The van der Waals surface area contributed by atoms with Crippen LogP contribution in [0.4, 0.5) is 0 Å². The predicted octanol–water partition coefficient (Wildman–Crippen LogP) is 1.52. The number of aliphatic carboxylic acids is 1.